The molecule has 0 bridgehead atoms. The first kappa shape index (κ1) is 14.1. The Balaban J connectivity index is 2.38. The predicted octanol–water partition coefficient (Wildman–Crippen LogP) is 5.24. The van der Waals surface area contributed by atoms with Gasteiger partial charge in [0.15, 0.2) is 0 Å². The van der Waals surface area contributed by atoms with Crippen molar-refractivity contribution in [3.05, 3.63) is 52.1 Å². The van der Waals surface area contributed by atoms with E-state index in [1.165, 1.54) is 11.1 Å². The first-order valence-corrected chi connectivity index (χ1v) is 7.06. The Labute approximate surface area is 123 Å². The van der Waals surface area contributed by atoms with Gasteiger partial charge in [-0.05, 0) is 46.0 Å². The fourth-order valence-corrected chi connectivity index (χ4v) is 2.10. The molecule has 3 heteroatoms. The molecule has 0 atom stereocenters. The number of hydrogen-bond acceptors (Lipinski definition) is 2. The van der Waals surface area contributed by atoms with Crippen molar-refractivity contribution in [1.82, 2.24) is 4.98 Å². The highest BCUT2D eigenvalue weighted by Gasteiger charge is 2.19. The molecule has 2 aromatic rings. The van der Waals surface area contributed by atoms with Crippen LogP contribution in [0.3, 0.4) is 0 Å². The average molecular weight is 320 g/mol. The Kier molecular flexibility index (Phi) is 3.95. The summed E-state index contributed by atoms with van der Waals surface area (Å²) in [6, 6.07) is 10.1. The Bertz CT molecular complexity index is 570. The third-order valence-corrected chi connectivity index (χ3v) is 3.33. The maximum Gasteiger partial charge on any atom is 0.219 e. The van der Waals surface area contributed by atoms with Gasteiger partial charge in [0.2, 0.25) is 5.88 Å². The van der Waals surface area contributed by atoms with Gasteiger partial charge in [0.05, 0.1) is 0 Å². The average Bonchev–Trinajstić information content (AvgIpc) is 2.30. The van der Waals surface area contributed by atoms with Crippen LogP contribution in [0, 0.1) is 6.92 Å². The van der Waals surface area contributed by atoms with Crippen molar-refractivity contribution in [3.63, 3.8) is 0 Å². The summed E-state index contributed by atoms with van der Waals surface area (Å²) in [6.45, 7) is 8.60. The predicted molar refractivity (Wildman–Crippen MR) is 81.9 cm³/mol. The zero-order valence-corrected chi connectivity index (χ0v) is 13.3. The van der Waals surface area contributed by atoms with Crippen molar-refractivity contribution in [2.75, 3.05) is 0 Å². The largest absolute Gasteiger partial charge is 0.439 e. The number of halogens is 1. The molecule has 2 rings (SSSR count). The Morgan fingerprint density at radius 1 is 1.11 bits per heavy atom. The molecule has 0 amide bonds. The lowest BCUT2D eigenvalue weighted by Gasteiger charge is -2.22. The van der Waals surface area contributed by atoms with E-state index in [-0.39, 0.29) is 5.41 Å². The zero-order valence-electron chi connectivity index (χ0n) is 11.7. The second-order valence-electron chi connectivity index (χ2n) is 5.67. The summed E-state index contributed by atoms with van der Waals surface area (Å²) in [7, 11) is 0. The van der Waals surface area contributed by atoms with Crippen molar-refractivity contribution in [2.45, 2.75) is 33.1 Å². The molecule has 1 aromatic heterocycles. The summed E-state index contributed by atoms with van der Waals surface area (Å²) in [5.41, 5.74) is 2.40. The summed E-state index contributed by atoms with van der Waals surface area (Å²) in [4.78, 5) is 4.26. The van der Waals surface area contributed by atoms with Crippen LogP contribution in [-0.4, -0.2) is 4.98 Å². The molecule has 0 N–H and O–H groups in total. The second-order valence-corrected chi connectivity index (χ2v) is 6.58. The molecule has 100 valence electrons. The van der Waals surface area contributed by atoms with Gasteiger partial charge in [-0.3, -0.25) is 0 Å². The number of nitrogens with zero attached hydrogens (tertiary/aromatic N) is 1. The molecule has 0 radical (unpaired) electrons. The van der Waals surface area contributed by atoms with Gasteiger partial charge in [0.1, 0.15) is 5.75 Å². The summed E-state index contributed by atoms with van der Waals surface area (Å²) in [5, 5.41) is 0. The van der Waals surface area contributed by atoms with E-state index in [9.17, 15) is 0 Å². The fourth-order valence-electron chi connectivity index (χ4n) is 1.87. The Morgan fingerprint density at radius 3 is 2.42 bits per heavy atom. The van der Waals surface area contributed by atoms with Crippen LogP contribution in [0.5, 0.6) is 11.6 Å². The standard InChI is InChI=1S/C16H18BrNO/c1-11-5-7-13(16(2,3)4)14(9-11)19-15-8-6-12(17)10-18-15/h5-10H,1-4H3. The molecule has 0 spiro atoms. The first-order valence-electron chi connectivity index (χ1n) is 6.27. The van der Waals surface area contributed by atoms with Crippen LogP contribution >= 0.6 is 15.9 Å². The fraction of sp³-hybridized carbons (Fsp3) is 0.312. The third kappa shape index (κ3) is 3.57. The summed E-state index contributed by atoms with van der Waals surface area (Å²) in [6.07, 6.45) is 1.74. The molecular formula is C16H18BrNO. The maximum absolute atomic E-state index is 5.94. The van der Waals surface area contributed by atoms with Crippen LogP contribution in [0.15, 0.2) is 41.0 Å². The number of hydrogen-bond donors (Lipinski definition) is 0. The van der Waals surface area contributed by atoms with E-state index in [4.69, 9.17) is 4.74 Å². The van der Waals surface area contributed by atoms with E-state index in [1.807, 2.05) is 12.1 Å². The minimum absolute atomic E-state index is 0.0401. The maximum atomic E-state index is 5.94. The number of ether oxygens (including phenoxy) is 1. The van der Waals surface area contributed by atoms with Gasteiger partial charge in [-0.15, -0.1) is 0 Å². The molecule has 0 aliphatic carbocycles. The molecule has 19 heavy (non-hydrogen) atoms. The van der Waals surface area contributed by atoms with Crippen LogP contribution in [0.1, 0.15) is 31.9 Å². The Morgan fingerprint density at radius 2 is 1.84 bits per heavy atom. The number of pyridine rings is 1. The topological polar surface area (TPSA) is 22.1 Å². The highest BCUT2D eigenvalue weighted by atomic mass is 79.9. The van der Waals surface area contributed by atoms with E-state index in [0.717, 1.165) is 10.2 Å². The number of aromatic nitrogens is 1. The summed E-state index contributed by atoms with van der Waals surface area (Å²) < 4.78 is 6.88. The van der Waals surface area contributed by atoms with E-state index < -0.39 is 0 Å². The van der Waals surface area contributed by atoms with Crippen molar-refractivity contribution in [1.29, 1.82) is 0 Å². The van der Waals surface area contributed by atoms with Gasteiger partial charge in [-0.25, -0.2) is 4.98 Å². The van der Waals surface area contributed by atoms with Crippen LogP contribution in [0.25, 0.3) is 0 Å². The van der Waals surface area contributed by atoms with E-state index in [1.54, 1.807) is 6.20 Å². The van der Waals surface area contributed by atoms with Gasteiger partial charge in [-0.2, -0.15) is 0 Å². The van der Waals surface area contributed by atoms with Crippen LogP contribution in [-0.2, 0) is 5.41 Å². The van der Waals surface area contributed by atoms with Gasteiger partial charge in [0.25, 0.3) is 0 Å². The normalized spacial score (nSPS) is 11.4. The Hall–Kier alpha value is -1.35. The molecule has 1 aromatic carbocycles. The monoisotopic (exact) mass is 319 g/mol. The lowest BCUT2D eigenvalue weighted by Crippen LogP contribution is -2.12. The summed E-state index contributed by atoms with van der Waals surface area (Å²) in [5.74, 6) is 1.49. The SMILES string of the molecule is Cc1ccc(C(C)(C)C)c(Oc2ccc(Br)cn2)c1. The van der Waals surface area contributed by atoms with Crippen molar-refractivity contribution < 1.29 is 4.74 Å². The molecule has 0 unspecified atom stereocenters. The van der Waals surface area contributed by atoms with Crippen molar-refractivity contribution in [2.24, 2.45) is 0 Å². The second kappa shape index (κ2) is 5.33. The molecule has 0 saturated carbocycles. The number of rotatable bonds is 2. The molecule has 1 heterocycles. The number of benzene rings is 1. The van der Waals surface area contributed by atoms with E-state index in [2.05, 4.69) is 66.8 Å². The van der Waals surface area contributed by atoms with Crippen LogP contribution in [0.2, 0.25) is 0 Å². The van der Waals surface area contributed by atoms with Crippen molar-refractivity contribution in [3.8, 4) is 11.6 Å². The highest BCUT2D eigenvalue weighted by molar-refractivity contribution is 9.10. The minimum atomic E-state index is 0.0401. The lowest BCUT2D eigenvalue weighted by molar-refractivity contribution is 0.439. The molecule has 0 fully saturated rings. The van der Waals surface area contributed by atoms with Crippen LogP contribution in [0.4, 0.5) is 0 Å². The zero-order chi connectivity index (χ0) is 14.0. The molecule has 0 aliphatic rings. The highest BCUT2D eigenvalue weighted by Crippen LogP contribution is 2.34. The number of aryl methyl sites for hydroxylation is 1. The molecular weight excluding hydrogens is 302 g/mol. The van der Waals surface area contributed by atoms with Gasteiger partial charge in [0, 0.05) is 22.3 Å². The van der Waals surface area contributed by atoms with Crippen LogP contribution < -0.4 is 4.74 Å². The van der Waals surface area contributed by atoms with E-state index in [0.29, 0.717) is 5.88 Å². The first-order chi connectivity index (χ1) is 8.86. The van der Waals surface area contributed by atoms with Gasteiger partial charge >= 0.3 is 0 Å². The van der Waals surface area contributed by atoms with Gasteiger partial charge < -0.3 is 4.74 Å². The quantitative estimate of drug-likeness (QED) is 0.754. The molecule has 0 saturated heterocycles. The van der Waals surface area contributed by atoms with Crippen molar-refractivity contribution >= 4 is 15.9 Å². The smallest absolute Gasteiger partial charge is 0.219 e. The van der Waals surface area contributed by atoms with Gasteiger partial charge in [-0.1, -0.05) is 32.9 Å². The lowest BCUT2D eigenvalue weighted by atomic mass is 9.86. The molecule has 2 nitrogen and oxygen atoms in total. The minimum Gasteiger partial charge on any atom is -0.439 e. The third-order valence-electron chi connectivity index (χ3n) is 2.86. The van der Waals surface area contributed by atoms with E-state index >= 15 is 0 Å². The molecule has 0 aliphatic heterocycles. The summed E-state index contributed by atoms with van der Waals surface area (Å²) >= 11 is 3.37.